The maximum Gasteiger partial charge on any atom is 0.306 e. The van der Waals surface area contributed by atoms with Crippen LogP contribution in [0.5, 0.6) is 0 Å². The molecule has 2 unspecified atom stereocenters. The topological polar surface area (TPSA) is 118 Å². The van der Waals surface area contributed by atoms with E-state index in [9.17, 15) is 19.2 Å². The molecule has 3 aromatic rings. The number of fused-ring (bicyclic) bond motifs is 3. The molecule has 3 aliphatic carbocycles. The zero-order valence-electron chi connectivity index (χ0n) is 39.2. The number of amides is 2. The lowest BCUT2D eigenvalue weighted by Crippen LogP contribution is -2.45. The van der Waals surface area contributed by atoms with Crippen LogP contribution in [0, 0.1) is 23.7 Å². The third kappa shape index (κ3) is 8.62. The molecule has 65 heavy (non-hydrogen) atoms. The average molecular weight is 879 g/mol. The molecular formula is C55H66N4O6. The fourth-order valence-corrected chi connectivity index (χ4v) is 12.1. The van der Waals surface area contributed by atoms with Gasteiger partial charge in [-0.15, -0.1) is 0 Å². The van der Waals surface area contributed by atoms with E-state index in [4.69, 9.17) is 19.5 Å². The molecule has 0 aromatic heterocycles. The summed E-state index contributed by atoms with van der Waals surface area (Å²) in [6.07, 6.45) is 13.0. The molecule has 342 valence electrons. The number of hydrogen-bond acceptors (Lipinski definition) is 8. The van der Waals surface area contributed by atoms with Gasteiger partial charge in [0, 0.05) is 43.6 Å². The fraction of sp³-hybridized carbons (Fsp3) is 0.527. The summed E-state index contributed by atoms with van der Waals surface area (Å²) in [4.78, 5) is 66.5. The number of rotatable bonds is 14. The van der Waals surface area contributed by atoms with Gasteiger partial charge in [-0.2, -0.15) is 0 Å². The van der Waals surface area contributed by atoms with Crippen LogP contribution in [-0.2, 0) is 35.1 Å². The van der Waals surface area contributed by atoms with Crippen LogP contribution in [0.25, 0.3) is 27.8 Å². The lowest BCUT2D eigenvalue weighted by molar-refractivity contribution is -0.148. The molecule has 2 amide bonds. The zero-order valence-corrected chi connectivity index (χ0v) is 39.2. The van der Waals surface area contributed by atoms with Crippen molar-refractivity contribution in [1.29, 1.82) is 0 Å². The van der Waals surface area contributed by atoms with E-state index in [2.05, 4.69) is 68.4 Å². The molecule has 0 radical (unpaired) electrons. The van der Waals surface area contributed by atoms with Crippen molar-refractivity contribution in [3.8, 4) is 22.3 Å². The summed E-state index contributed by atoms with van der Waals surface area (Å²) >= 11 is 0. The highest BCUT2D eigenvalue weighted by Gasteiger charge is 2.42. The van der Waals surface area contributed by atoms with Crippen LogP contribution in [0.4, 0.5) is 5.69 Å². The van der Waals surface area contributed by atoms with Crippen LogP contribution >= 0.6 is 0 Å². The second kappa shape index (κ2) is 18.8. The molecule has 7 aliphatic rings. The van der Waals surface area contributed by atoms with Crippen molar-refractivity contribution in [2.24, 2.45) is 33.7 Å². The summed E-state index contributed by atoms with van der Waals surface area (Å²) < 4.78 is 9.92. The smallest absolute Gasteiger partial charge is 0.306 e. The zero-order chi connectivity index (χ0) is 45.5. The number of likely N-dealkylation sites (tertiary alicyclic amines) is 2. The highest BCUT2D eigenvalue weighted by molar-refractivity contribution is 6.04. The molecule has 3 fully saturated rings. The lowest BCUT2D eigenvalue weighted by Gasteiger charge is -2.41. The number of carbonyl (C=O) groups is 4. The van der Waals surface area contributed by atoms with Crippen LogP contribution < -0.4 is 0 Å². The van der Waals surface area contributed by atoms with Gasteiger partial charge in [0.05, 0.1) is 56.7 Å². The van der Waals surface area contributed by atoms with E-state index in [1.54, 1.807) is 0 Å². The summed E-state index contributed by atoms with van der Waals surface area (Å²) in [5.74, 6) is -0.184. The Hall–Kier alpha value is -5.38. The molecule has 4 heterocycles. The summed E-state index contributed by atoms with van der Waals surface area (Å²) in [5.41, 5.74) is 14.9. The summed E-state index contributed by atoms with van der Waals surface area (Å²) in [7, 11) is 2.77. The molecule has 2 saturated heterocycles. The van der Waals surface area contributed by atoms with Crippen molar-refractivity contribution in [2.75, 3.05) is 27.3 Å². The molecule has 2 bridgehead atoms. The molecule has 10 heteroatoms. The number of benzene rings is 3. The van der Waals surface area contributed by atoms with Crippen molar-refractivity contribution in [3.05, 3.63) is 83.1 Å². The Balaban J connectivity index is 0.911. The molecule has 1 saturated carbocycles. The first kappa shape index (κ1) is 44.8. The van der Waals surface area contributed by atoms with Crippen molar-refractivity contribution in [3.63, 3.8) is 0 Å². The molecular weight excluding hydrogens is 813 g/mol. The minimum atomic E-state index is -0.403. The number of allylic oxidation sites excluding steroid dienone is 1. The summed E-state index contributed by atoms with van der Waals surface area (Å²) in [6, 6.07) is 20.5. The first-order chi connectivity index (χ1) is 31.5. The van der Waals surface area contributed by atoms with Crippen molar-refractivity contribution in [1.82, 2.24) is 9.80 Å². The molecule has 3 aromatic carbocycles. The molecule has 10 nitrogen and oxygen atoms in total. The fourth-order valence-electron chi connectivity index (χ4n) is 12.1. The van der Waals surface area contributed by atoms with Gasteiger partial charge >= 0.3 is 11.9 Å². The Morgan fingerprint density at radius 2 is 1.20 bits per heavy atom. The highest BCUT2D eigenvalue weighted by atomic mass is 16.5. The predicted molar refractivity (Wildman–Crippen MR) is 256 cm³/mol. The molecule has 4 aliphatic heterocycles. The van der Waals surface area contributed by atoms with E-state index in [1.807, 2.05) is 29.8 Å². The van der Waals surface area contributed by atoms with Gasteiger partial charge in [-0.3, -0.25) is 29.2 Å². The number of nitrogens with zero attached hydrogens (tertiary/aromatic N) is 4. The van der Waals surface area contributed by atoms with Crippen LogP contribution in [0.3, 0.4) is 0 Å². The van der Waals surface area contributed by atoms with Gasteiger partial charge < -0.3 is 19.3 Å². The number of hydrogen-bond donors (Lipinski definition) is 0. The number of methoxy groups -OCH3 is 2. The highest BCUT2D eigenvalue weighted by Crippen LogP contribution is 2.55. The molecule has 5 atom stereocenters. The third-order valence-corrected chi connectivity index (χ3v) is 16.0. The number of carbonyl (C=O) groups excluding carboxylic acids is 4. The van der Waals surface area contributed by atoms with Crippen LogP contribution in [0.1, 0.15) is 139 Å². The van der Waals surface area contributed by atoms with E-state index in [0.717, 1.165) is 61.2 Å². The SMILES string of the molecule is CCC(C)[C@H](CC(=O)OC)C(=O)N1CCCC1C1=Nc2ccc(-c3ccc(-c4ccc(C5=CN=C([C@@H]6CCCN6C(=O)[C@@H](CC(=O)OC)C(C)C)C5)cc4)c4c3C3CCC4CC3)cc2C1. The first-order valence-corrected chi connectivity index (χ1v) is 24.5. The van der Waals surface area contributed by atoms with E-state index in [1.165, 1.54) is 84.4 Å². The Bertz CT molecular complexity index is 2440. The van der Waals surface area contributed by atoms with Crippen molar-refractivity contribution in [2.45, 2.75) is 135 Å². The van der Waals surface area contributed by atoms with E-state index >= 15 is 0 Å². The quantitative estimate of drug-likeness (QED) is 0.149. The van der Waals surface area contributed by atoms with Gasteiger partial charge in [0.1, 0.15) is 0 Å². The molecule has 0 N–H and O–H groups in total. The summed E-state index contributed by atoms with van der Waals surface area (Å²) in [6.45, 7) is 9.51. The largest absolute Gasteiger partial charge is 0.469 e. The van der Waals surface area contributed by atoms with E-state index < -0.39 is 11.8 Å². The third-order valence-electron chi connectivity index (χ3n) is 16.0. The Morgan fingerprint density at radius 1 is 0.662 bits per heavy atom. The van der Waals surface area contributed by atoms with Gasteiger partial charge in [-0.1, -0.05) is 76.6 Å². The Labute approximate surface area is 385 Å². The van der Waals surface area contributed by atoms with Gasteiger partial charge in [0.25, 0.3) is 0 Å². The van der Waals surface area contributed by atoms with Crippen molar-refractivity contribution < 1.29 is 28.7 Å². The standard InChI is InChI=1S/C55H66N4O6/c1-7-33(4)44(30-51(61)65-6)55(63)59-25-9-11-49(59)47-27-39-26-38(20-23-45(39)57-47)42-22-21-41(52-36-16-18-37(19-17-36)53(42)52)35-14-12-34(13-15-35)40-28-46(56-31-40)48-10-8-24-58(48)54(62)43(32(2)3)29-50(60)64-5/h12-15,20-23,26,31-33,36-37,43-44,48-49H,7-11,16-19,24-25,27-30H2,1-6H3/t33?,36?,37?,43-,44-,48-,49?/m0/s1. The van der Waals surface area contributed by atoms with Crippen LogP contribution in [0.15, 0.2) is 70.8 Å². The monoisotopic (exact) mass is 878 g/mol. The van der Waals surface area contributed by atoms with Gasteiger partial charge in [0.2, 0.25) is 11.8 Å². The van der Waals surface area contributed by atoms with Crippen molar-refractivity contribution >= 4 is 46.4 Å². The lowest BCUT2D eigenvalue weighted by atomic mass is 9.63. The van der Waals surface area contributed by atoms with Crippen LogP contribution in [0.2, 0.25) is 0 Å². The predicted octanol–water partition coefficient (Wildman–Crippen LogP) is 10.6. The molecule has 0 spiro atoms. The summed E-state index contributed by atoms with van der Waals surface area (Å²) in [5, 5.41) is 0. The number of esters is 2. The van der Waals surface area contributed by atoms with Gasteiger partial charge in [-0.05, 0) is 137 Å². The number of aliphatic imine (C=N–C) groups is 2. The normalized spacial score (nSPS) is 23.4. The van der Waals surface area contributed by atoms with Gasteiger partial charge in [0.15, 0.2) is 0 Å². The Kier molecular flexibility index (Phi) is 13.0. The second-order valence-electron chi connectivity index (χ2n) is 20.0. The first-order valence-electron chi connectivity index (χ1n) is 24.5. The molecule has 10 rings (SSSR count). The second-order valence-corrected chi connectivity index (χ2v) is 20.0. The maximum atomic E-state index is 14.1. The minimum absolute atomic E-state index is 0.0295. The minimum Gasteiger partial charge on any atom is -0.469 e. The van der Waals surface area contributed by atoms with E-state index in [-0.39, 0.29) is 60.5 Å². The van der Waals surface area contributed by atoms with Crippen LogP contribution in [-0.4, -0.2) is 84.4 Å². The van der Waals surface area contributed by atoms with E-state index in [0.29, 0.717) is 31.3 Å². The average Bonchev–Trinajstić information content (AvgIpc) is 4.18. The Morgan fingerprint density at radius 3 is 1.78 bits per heavy atom. The van der Waals surface area contributed by atoms with Gasteiger partial charge in [-0.25, -0.2) is 0 Å². The maximum absolute atomic E-state index is 14.1. The number of ether oxygens (including phenoxy) is 2.